The van der Waals surface area contributed by atoms with E-state index < -0.39 is 0 Å². The number of amides is 1. The van der Waals surface area contributed by atoms with Crippen molar-refractivity contribution in [2.45, 2.75) is 32.7 Å². The number of nitrogens with one attached hydrogen (secondary N) is 1. The number of hydrogen-bond acceptors (Lipinski definition) is 3. The number of hydrogen-bond donors (Lipinski definition) is 1. The maximum Gasteiger partial charge on any atom is 0.223 e. The van der Waals surface area contributed by atoms with Gasteiger partial charge < -0.3 is 10.1 Å². The van der Waals surface area contributed by atoms with Crippen LogP contribution in [0.5, 0.6) is 5.75 Å². The van der Waals surface area contributed by atoms with Gasteiger partial charge in [-0.3, -0.25) is 9.69 Å². The third-order valence-corrected chi connectivity index (χ3v) is 4.13. The molecule has 0 spiro atoms. The number of benzene rings is 1. The molecule has 1 aliphatic heterocycles. The van der Waals surface area contributed by atoms with E-state index in [-0.39, 0.29) is 17.9 Å². The molecule has 5 heteroatoms. The van der Waals surface area contributed by atoms with E-state index in [0.29, 0.717) is 11.6 Å². The van der Waals surface area contributed by atoms with Crippen molar-refractivity contribution in [1.29, 1.82) is 0 Å². The average Bonchev–Trinajstić information content (AvgIpc) is 2.49. The van der Waals surface area contributed by atoms with E-state index in [1.165, 1.54) is 0 Å². The molecule has 1 aromatic rings. The molecule has 0 bridgehead atoms. The maximum atomic E-state index is 12.0. The summed E-state index contributed by atoms with van der Waals surface area (Å²) in [4.78, 5) is 14.3. The highest BCUT2D eigenvalue weighted by Gasteiger charge is 2.24. The number of carbonyl (C=O) groups is 1. The SMILES string of the molecule is CC(C)NC(=O)C1CCN(CCOc2ccc(Cl)cc2)CC1. The molecule has 2 rings (SSSR count). The molecular formula is C17H25ClN2O2. The highest BCUT2D eigenvalue weighted by Crippen LogP contribution is 2.18. The molecule has 0 unspecified atom stereocenters. The minimum atomic E-state index is 0.163. The van der Waals surface area contributed by atoms with Crippen LogP contribution in [0.4, 0.5) is 0 Å². The first-order valence-electron chi connectivity index (χ1n) is 7.95. The highest BCUT2D eigenvalue weighted by molar-refractivity contribution is 6.30. The standard InChI is InChI=1S/C17H25ClN2O2/c1-13(2)19-17(21)14-7-9-20(10-8-14)11-12-22-16-5-3-15(18)4-6-16/h3-6,13-14H,7-12H2,1-2H3,(H,19,21). The predicted molar refractivity (Wildman–Crippen MR) is 89.4 cm³/mol. The molecule has 0 aliphatic carbocycles. The fourth-order valence-electron chi connectivity index (χ4n) is 2.64. The van der Waals surface area contributed by atoms with Crippen LogP contribution in [-0.4, -0.2) is 43.1 Å². The van der Waals surface area contributed by atoms with Crippen molar-refractivity contribution < 1.29 is 9.53 Å². The van der Waals surface area contributed by atoms with Crippen LogP contribution >= 0.6 is 11.6 Å². The van der Waals surface area contributed by atoms with Crippen molar-refractivity contribution in [3.63, 3.8) is 0 Å². The van der Waals surface area contributed by atoms with Crippen LogP contribution in [-0.2, 0) is 4.79 Å². The fourth-order valence-corrected chi connectivity index (χ4v) is 2.77. The van der Waals surface area contributed by atoms with Crippen LogP contribution < -0.4 is 10.1 Å². The van der Waals surface area contributed by atoms with Gasteiger partial charge in [0.15, 0.2) is 0 Å². The van der Waals surface area contributed by atoms with Gasteiger partial charge in [-0.2, -0.15) is 0 Å². The molecule has 0 saturated carbocycles. The Hall–Kier alpha value is -1.26. The van der Waals surface area contributed by atoms with Crippen LogP contribution in [0.2, 0.25) is 5.02 Å². The van der Waals surface area contributed by atoms with Gasteiger partial charge in [-0.15, -0.1) is 0 Å². The van der Waals surface area contributed by atoms with Crippen LogP contribution in [0.1, 0.15) is 26.7 Å². The Bertz CT molecular complexity index is 468. The molecule has 0 atom stereocenters. The molecule has 1 saturated heterocycles. The topological polar surface area (TPSA) is 41.6 Å². The Labute approximate surface area is 137 Å². The molecule has 1 aliphatic rings. The lowest BCUT2D eigenvalue weighted by atomic mass is 9.95. The fraction of sp³-hybridized carbons (Fsp3) is 0.588. The number of nitrogens with zero attached hydrogens (tertiary/aromatic N) is 1. The third-order valence-electron chi connectivity index (χ3n) is 3.88. The van der Waals surface area contributed by atoms with E-state index in [2.05, 4.69) is 10.2 Å². The number of ether oxygens (including phenoxy) is 1. The van der Waals surface area contributed by atoms with Crippen molar-refractivity contribution in [2.24, 2.45) is 5.92 Å². The summed E-state index contributed by atoms with van der Waals surface area (Å²) in [6, 6.07) is 7.64. The van der Waals surface area contributed by atoms with Crippen LogP contribution in [0.3, 0.4) is 0 Å². The van der Waals surface area contributed by atoms with Crippen molar-refractivity contribution in [2.75, 3.05) is 26.2 Å². The third kappa shape index (κ3) is 5.50. The van der Waals surface area contributed by atoms with Gasteiger partial charge in [0.05, 0.1) is 0 Å². The maximum absolute atomic E-state index is 12.0. The molecule has 22 heavy (non-hydrogen) atoms. The van der Waals surface area contributed by atoms with E-state index in [1.807, 2.05) is 38.1 Å². The number of piperidine rings is 1. The van der Waals surface area contributed by atoms with Crippen molar-refractivity contribution >= 4 is 17.5 Å². The summed E-state index contributed by atoms with van der Waals surface area (Å²) in [7, 11) is 0. The van der Waals surface area contributed by atoms with Gasteiger partial charge >= 0.3 is 0 Å². The second kappa shape index (κ2) is 8.39. The number of carbonyl (C=O) groups excluding carboxylic acids is 1. The van der Waals surface area contributed by atoms with Gasteiger partial charge in [-0.1, -0.05) is 11.6 Å². The molecule has 1 amide bonds. The van der Waals surface area contributed by atoms with Gasteiger partial charge in [0.1, 0.15) is 12.4 Å². The first kappa shape index (κ1) is 17.1. The summed E-state index contributed by atoms with van der Waals surface area (Å²) in [5, 5.41) is 3.72. The summed E-state index contributed by atoms with van der Waals surface area (Å²) in [5.74, 6) is 1.21. The largest absolute Gasteiger partial charge is 0.492 e. The summed E-state index contributed by atoms with van der Waals surface area (Å²) >= 11 is 5.84. The first-order valence-corrected chi connectivity index (χ1v) is 8.33. The van der Waals surface area contributed by atoms with Crippen molar-refractivity contribution in [1.82, 2.24) is 10.2 Å². The zero-order valence-corrected chi connectivity index (χ0v) is 14.1. The lowest BCUT2D eigenvalue weighted by molar-refractivity contribution is -0.126. The van der Waals surface area contributed by atoms with E-state index in [9.17, 15) is 4.79 Å². The van der Waals surface area contributed by atoms with E-state index in [0.717, 1.165) is 38.2 Å². The van der Waals surface area contributed by atoms with Crippen LogP contribution in [0, 0.1) is 5.92 Å². The van der Waals surface area contributed by atoms with Gasteiger partial charge in [0.25, 0.3) is 0 Å². The summed E-state index contributed by atoms with van der Waals surface area (Å²) in [5.41, 5.74) is 0. The molecule has 0 aromatic heterocycles. The second-order valence-electron chi connectivity index (χ2n) is 6.08. The molecule has 0 radical (unpaired) electrons. The first-order chi connectivity index (χ1) is 10.5. The van der Waals surface area contributed by atoms with Crippen molar-refractivity contribution in [3.8, 4) is 5.75 Å². The Balaban J connectivity index is 1.65. The normalized spacial score (nSPS) is 16.7. The van der Waals surface area contributed by atoms with E-state index in [1.54, 1.807) is 0 Å². The Morgan fingerprint density at radius 2 is 1.95 bits per heavy atom. The lowest BCUT2D eigenvalue weighted by Gasteiger charge is -2.31. The molecular weight excluding hydrogens is 300 g/mol. The van der Waals surface area contributed by atoms with Crippen LogP contribution in [0.15, 0.2) is 24.3 Å². The van der Waals surface area contributed by atoms with Crippen LogP contribution in [0.25, 0.3) is 0 Å². The smallest absolute Gasteiger partial charge is 0.223 e. The molecule has 1 fully saturated rings. The zero-order valence-electron chi connectivity index (χ0n) is 13.3. The number of likely N-dealkylation sites (tertiary alicyclic amines) is 1. The van der Waals surface area contributed by atoms with Gasteiger partial charge in [-0.25, -0.2) is 0 Å². The lowest BCUT2D eigenvalue weighted by Crippen LogP contribution is -2.43. The van der Waals surface area contributed by atoms with Gasteiger partial charge in [0.2, 0.25) is 5.91 Å². The minimum Gasteiger partial charge on any atom is -0.492 e. The quantitative estimate of drug-likeness (QED) is 0.874. The number of halogens is 1. The summed E-state index contributed by atoms with van der Waals surface area (Å²) in [6.07, 6.45) is 1.86. The zero-order chi connectivity index (χ0) is 15.9. The Kier molecular flexibility index (Phi) is 6.52. The van der Waals surface area contributed by atoms with Gasteiger partial charge in [-0.05, 0) is 64.0 Å². The highest BCUT2D eigenvalue weighted by atomic mass is 35.5. The molecule has 4 nitrogen and oxygen atoms in total. The molecule has 122 valence electrons. The van der Waals surface area contributed by atoms with Gasteiger partial charge in [0, 0.05) is 23.5 Å². The predicted octanol–water partition coefficient (Wildman–Crippen LogP) is 2.96. The Morgan fingerprint density at radius 1 is 1.32 bits per heavy atom. The minimum absolute atomic E-state index is 0.163. The molecule has 1 heterocycles. The van der Waals surface area contributed by atoms with E-state index >= 15 is 0 Å². The average molecular weight is 325 g/mol. The summed E-state index contributed by atoms with van der Waals surface area (Å²) in [6.45, 7) is 7.47. The van der Waals surface area contributed by atoms with Crippen molar-refractivity contribution in [3.05, 3.63) is 29.3 Å². The molecule has 1 aromatic carbocycles. The monoisotopic (exact) mass is 324 g/mol. The Morgan fingerprint density at radius 3 is 2.55 bits per heavy atom. The number of rotatable bonds is 6. The molecule has 1 N–H and O–H groups in total. The summed E-state index contributed by atoms with van der Waals surface area (Å²) < 4.78 is 5.71. The van der Waals surface area contributed by atoms with E-state index in [4.69, 9.17) is 16.3 Å². The second-order valence-corrected chi connectivity index (χ2v) is 6.52.